The maximum atomic E-state index is 6.06. The van der Waals surface area contributed by atoms with Crippen molar-refractivity contribution in [3.8, 4) is 34.0 Å². The van der Waals surface area contributed by atoms with Crippen LogP contribution in [0.25, 0.3) is 22.4 Å². The minimum Gasteiger partial charge on any atom is -0.491 e. The third kappa shape index (κ3) is 4.84. The summed E-state index contributed by atoms with van der Waals surface area (Å²) >= 11 is 2.33. The van der Waals surface area contributed by atoms with E-state index in [0.717, 1.165) is 26.5 Å². The molecule has 5 heteroatoms. The average molecular weight is 510 g/mol. The van der Waals surface area contributed by atoms with Crippen molar-refractivity contribution < 1.29 is 9.47 Å². The molecule has 4 nitrogen and oxygen atoms in total. The van der Waals surface area contributed by atoms with Gasteiger partial charge in [-0.05, 0) is 52.8 Å². The highest BCUT2D eigenvalue weighted by molar-refractivity contribution is 14.1. The van der Waals surface area contributed by atoms with Crippen molar-refractivity contribution in [2.75, 3.05) is 13.2 Å². The second-order valence-electron chi connectivity index (χ2n) is 6.75. The van der Waals surface area contributed by atoms with Gasteiger partial charge in [-0.2, -0.15) is 5.10 Å². The van der Waals surface area contributed by atoms with E-state index in [9.17, 15) is 0 Å². The van der Waals surface area contributed by atoms with Crippen molar-refractivity contribution in [2.24, 2.45) is 0 Å². The van der Waals surface area contributed by atoms with Crippen LogP contribution in [0.15, 0.2) is 84.9 Å². The molecule has 4 rings (SSSR count). The lowest BCUT2D eigenvalue weighted by molar-refractivity contribution is 0.259. The van der Waals surface area contributed by atoms with Crippen LogP contribution in [0, 0.1) is 3.57 Å². The topological polar surface area (TPSA) is 36.3 Å². The van der Waals surface area contributed by atoms with Crippen LogP contribution in [0.2, 0.25) is 0 Å². The Labute approximate surface area is 190 Å². The van der Waals surface area contributed by atoms with E-state index in [1.807, 2.05) is 48.0 Å². The standard InChI is InChI=1S/C25H23IN2O2/c1-2-29-25-18-23(20-11-7-4-8-12-20)27-28(25)15-16-30-24-14-13-21(17-22(24)26)19-9-5-3-6-10-19/h3-14,17-18H,2,15-16H2,1H3. The quantitative estimate of drug-likeness (QED) is 0.261. The molecule has 0 N–H and O–H groups in total. The van der Waals surface area contributed by atoms with Crippen LogP contribution in [0.1, 0.15) is 6.92 Å². The summed E-state index contributed by atoms with van der Waals surface area (Å²) in [5.41, 5.74) is 4.36. The number of hydrogen-bond donors (Lipinski definition) is 0. The van der Waals surface area contributed by atoms with Gasteiger partial charge in [-0.3, -0.25) is 0 Å². The van der Waals surface area contributed by atoms with E-state index in [0.29, 0.717) is 19.8 Å². The van der Waals surface area contributed by atoms with Crippen molar-refractivity contribution in [3.05, 3.63) is 88.5 Å². The smallest absolute Gasteiger partial charge is 0.212 e. The van der Waals surface area contributed by atoms with Gasteiger partial charge < -0.3 is 9.47 Å². The Bertz CT molecular complexity index is 1090. The summed E-state index contributed by atoms with van der Waals surface area (Å²) in [6, 6.07) is 28.8. The van der Waals surface area contributed by atoms with Crippen molar-refractivity contribution in [1.82, 2.24) is 9.78 Å². The maximum Gasteiger partial charge on any atom is 0.212 e. The predicted octanol–water partition coefficient (Wildman–Crippen LogP) is 6.30. The van der Waals surface area contributed by atoms with Gasteiger partial charge in [0, 0.05) is 11.6 Å². The Kier molecular flexibility index (Phi) is 6.69. The number of aromatic nitrogens is 2. The molecule has 0 atom stereocenters. The number of ether oxygens (including phenoxy) is 2. The van der Waals surface area contributed by atoms with Crippen LogP contribution in [-0.4, -0.2) is 23.0 Å². The van der Waals surface area contributed by atoms with E-state index in [1.165, 1.54) is 11.1 Å². The summed E-state index contributed by atoms with van der Waals surface area (Å²) in [4.78, 5) is 0. The monoisotopic (exact) mass is 510 g/mol. The molecule has 0 bridgehead atoms. The lowest BCUT2D eigenvalue weighted by Crippen LogP contribution is -2.12. The van der Waals surface area contributed by atoms with Crippen LogP contribution in [0.4, 0.5) is 0 Å². The lowest BCUT2D eigenvalue weighted by Gasteiger charge is -2.11. The second kappa shape index (κ2) is 9.80. The first kappa shape index (κ1) is 20.5. The van der Waals surface area contributed by atoms with Crippen molar-refractivity contribution >= 4 is 22.6 Å². The highest BCUT2D eigenvalue weighted by Gasteiger charge is 2.11. The van der Waals surface area contributed by atoms with Gasteiger partial charge in [0.15, 0.2) is 0 Å². The van der Waals surface area contributed by atoms with Crippen LogP contribution in [0.5, 0.6) is 11.6 Å². The van der Waals surface area contributed by atoms with E-state index in [1.54, 1.807) is 0 Å². The molecule has 30 heavy (non-hydrogen) atoms. The van der Waals surface area contributed by atoms with Crippen molar-refractivity contribution in [3.63, 3.8) is 0 Å². The van der Waals surface area contributed by atoms with Gasteiger partial charge in [0.05, 0.1) is 22.4 Å². The second-order valence-corrected chi connectivity index (χ2v) is 7.91. The Morgan fingerprint density at radius 2 is 1.50 bits per heavy atom. The third-order valence-corrected chi connectivity index (χ3v) is 5.55. The number of rotatable bonds is 8. The SMILES string of the molecule is CCOc1cc(-c2ccccc2)nn1CCOc1ccc(-c2ccccc2)cc1I. The molecule has 0 aliphatic carbocycles. The largest absolute Gasteiger partial charge is 0.491 e. The molecule has 0 aliphatic heterocycles. The van der Waals surface area contributed by atoms with Crippen LogP contribution in [-0.2, 0) is 6.54 Å². The zero-order chi connectivity index (χ0) is 20.8. The fourth-order valence-electron chi connectivity index (χ4n) is 3.24. The van der Waals surface area contributed by atoms with Crippen molar-refractivity contribution in [1.29, 1.82) is 0 Å². The molecule has 0 saturated carbocycles. The van der Waals surface area contributed by atoms with E-state index in [2.05, 4.69) is 71.1 Å². The molecule has 1 aromatic heterocycles. The maximum absolute atomic E-state index is 6.06. The summed E-state index contributed by atoms with van der Waals surface area (Å²) < 4.78 is 14.8. The molecular formula is C25H23IN2O2. The highest BCUT2D eigenvalue weighted by atomic mass is 127. The minimum absolute atomic E-state index is 0.511. The molecule has 0 fully saturated rings. The summed E-state index contributed by atoms with van der Waals surface area (Å²) in [7, 11) is 0. The fourth-order valence-corrected chi connectivity index (χ4v) is 3.92. The molecule has 0 radical (unpaired) electrons. The first-order valence-corrected chi connectivity index (χ1v) is 11.1. The summed E-state index contributed by atoms with van der Waals surface area (Å²) in [5.74, 6) is 1.64. The number of halogens is 1. The Morgan fingerprint density at radius 1 is 0.800 bits per heavy atom. The predicted molar refractivity (Wildman–Crippen MR) is 129 cm³/mol. The van der Waals surface area contributed by atoms with Gasteiger partial charge in [-0.15, -0.1) is 0 Å². The van der Waals surface area contributed by atoms with E-state index in [-0.39, 0.29) is 0 Å². The minimum atomic E-state index is 0.511. The summed E-state index contributed by atoms with van der Waals surface area (Å²) in [6.45, 7) is 3.70. The molecule has 3 aromatic carbocycles. The molecule has 0 spiro atoms. The Morgan fingerprint density at radius 3 is 2.17 bits per heavy atom. The summed E-state index contributed by atoms with van der Waals surface area (Å²) in [6.07, 6.45) is 0. The molecule has 0 aliphatic rings. The third-order valence-electron chi connectivity index (χ3n) is 4.70. The first-order valence-electron chi connectivity index (χ1n) is 9.98. The normalized spacial score (nSPS) is 10.7. The van der Waals surface area contributed by atoms with Crippen molar-refractivity contribution in [2.45, 2.75) is 13.5 Å². The van der Waals surface area contributed by atoms with Gasteiger partial charge >= 0.3 is 0 Å². The molecular weight excluding hydrogens is 487 g/mol. The number of nitrogens with zero attached hydrogens (tertiary/aromatic N) is 2. The molecule has 0 amide bonds. The highest BCUT2D eigenvalue weighted by Crippen LogP contribution is 2.28. The van der Waals surface area contributed by atoms with Gasteiger partial charge in [-0.1, -0.05) is 66.7 Å². The Balaban J connectivity index is 1.44. The van der Waals surface area contributed by atoms with Gasteiger partial charge in [0.2, 0.25) is 5.88 Å². The molecule has 1 heterocycles. The van der Waals surface area contributed by atoms with Crippen LogP contribution in [0.3, 0.4) is 0 Å². The summed E-state index contributed by atoms with van der Waals surface area (Å²) in [5, 5.41) is 4.72. The zero-order valence-electron chi connectivity index (χ0n) is 16.8. The van der Waals surface area contributed by atoms with Gasteiger partial charge in [0.1, 0.15) is 12.4 Å². The van der Waals surface area contributed by atoms with E-state index >= 15 is 0 Å². The first-order chi connectivity index (χ1) is 14.7. The van der Waals surface area contributed by atoms with Gasteiger partial charge in [0.25, 0.3) is 0 Å². The fraction of sp³-hybridized carbons (Fsp3) is 0.160. The Hall–Kier alpha value is -2.80. The molecule has 0 unspecified atom stereocenters. The van der Waals surface area contributed by atoms with Crippen LogP contribution >= 0.6 is 22.6 Å². The van der Waals surface area contributed by atoms with E-state index in [4.69, 9.17) is 14.6 Å². The lowest BCUT2D eigenvalue weighted by atomic mass is 10.1. The molecule has 152 valence electrons. The zero-order valence-corrected chi connectivity index (χ0v) is 19.0. The molecule has 0 saturated heterocycles. The van der Waals surface area contributed by atoms with Crippen LogP contribution < -0.4 is 9.47 Å². The number of hydrogen-bond acceptors (Lipinski definition) is 3. The number of benzene rings is 3. The average Bonchev–Trinajstić information content (AvgIpc) is 3.19. The van der Waals surface area contributed by atoms with Gasteiger partial charge in [-0.25, -0.2) is 4.68 Å². The molecule has 4 aromatic rings. The van der Waals surface area contributed by atoms with E-state index < -0.39 is 0 Å².